The normalized spacial score (nSPS) is 18.6. The highest BCUT2D eigenvalue weighted by atomic mass is 35.5. The average molecular weight is 285 g/mol. The Morgan fingerprint density at radius 1 is 1.42 bits per heavy atom. The molecule has 0 aliphatic carbocycles. The summed E-state index contributed by atoms with van der Waals surface area (Å²) in [6, 6.07) is 7.99. The summed E-state index contributed by atoms with van der Waals surface area (Å²) in [4.78, 5) is 13.9. The van der Waals surface area contributed by atoms with E-state index in [9.17, 15) is 4.79 Å². The van der Waals surface area contributed by atoms with Crippen LogP contribution in [0.15, 0.2) is 24.3 Å². The van der Waals surface area contributed by atoms with E-state index in [1.54, 1.807) is 0 Å². The molecule has 19 heavy (non-hydrogen) atoms. The highest BCUT2D eigenvalue weighted by Gasteiger charge is 2.22. The number of halogens is 1. The quantitative estimate of drug-likeness (QED) is 0.917. The van der Waals surface area contributed by atoms with Crippen molar-refractivity contribution in [3.05, 3.63) is 29.8 Å². The second kappa shape index (κ2) is 7.36. The number of nitrogens with one attached hydrogen (secondary N) is 1. The van der Waals surface area contributed by atoms with Crippen LogP contribution in [0, 0.1) is 6.92 Å². The minimum absolute atomic E-state index is 0. The van der Waals surface area contributed by atoms with Crippen LogP contribution in [0.1, 0.15) is 12.5 Å². The Morgan fingerprint density at radius 2 is 2.11 bits per heavy atom. The predicted octanol–water partition coefficient (Wildman–Crippen LogP) is 1.62. The van der Waals surface area contributed by atoms with Gasteiger partial charge in [-0.2, -0.15) is 0 Å². The van der Waals surface area contributed by atoms with Crippen LogP contribution in [0.4, 0.5) is 0 Å². The van der Waals surface area contributed by atoms with Gasteiger partial charge in [-0.1, -0.05) is 17.7 Å². The molecule has 1 heterocycles. The molecule has 0 spiro atoms. The maximum absolute atomic E-state index is 12.0. The van der Waals surface area contributed by atoms with Crippen molar-refractivity contribution in [3.63, 3.8) is 0 Å². The van der Waals surface area contributed by atoms with Gasteiger partial charge in [0, 0.05) is 25.7 Å². The summed E-state index contributed by atoms with van der Waals surface area (Å²) < 4.78 is 5.51. The zero-order valence-corrected chi connectivity index (χ0v) is 12.2. The number of carbonyl (C=O) groups is 1. The number of amides is 1. The van der Waals surface area contributed by atoms with Gasteiger partial charge in [0.1, 0.15) is 5.75 Å². The summed E-state index contributed by atoms with van der Waals surface area (Å²) in [7, 11) is 0. The van der Waals surface area contributed by atoms with E-state index in [2.05, 4.69) is 12.2 Å². The number of benzene rings is 1. The van der Waals surface area contributed by atoms with E-state index in [0.717, 1.165) is 25.4 Å². The van der Waals surface area contributed by atoms with E-state index in [4.69, 9.17) is 4.74 Å². The number of carbonyl (C=O) groups excluding carboxylic acids is 1. The number of aryl methyl sites for hydroxylation is 1. The molecule has 1 unspecified atom stereocenters. The Bertz CT molecular complexity index is 408. The minimum atomic E-state index is 0. The lowest BCUT2D eigenvalue weighted by Crippen LogP contribution is -2.53. The van der Waals surface area contributed by atoms with E-state index < -0.39 is 0 Å². The lowest BCUT2D eigenvalue weighted by atomic mass is 10.2. The SMILES string of the molecule is Cc1ccc(OCC(=O)N2CCNCC2C)cc1.Cl. The molecule has 1 fully saturated rings. The van der Waals surface area contributed by atoms with Gasteiger partial charge >= 0.3 is 0 Å². The Kier molecular flexibility index (Phi) is 6.12. The molecule has 1 aromatic rings. The molecule has 1 aliphatic heterocycles. The lowest BCUT2D eigenvalue weighted by Gasteiger charge is -2.33. The molecular weight excluding hydrogens is 264 g/mol. The van der Waals surface area contributed by atoms with Gasteiger partial charge in [-0.3, -0.25) is 4.79 Å². The van der Waals surface area contributed by atoms with E-state index in [1.807, 2.05) is 36.1 Å². The topological polar surface area (TPSA) is 41.6 Å². The van der Waals surface area contributed by atoms with Crippen LogP contribution in [-0.4, -0.2) is 43.1 Å². The summed E-state index contributed by atoms with van der Waals surface area (Å²) in [5.41, 5.74) is 1.18. The highest BCUT2D eigenvalue weighted by Crippen LogP contribution is 2.12. The summed E-state index contributed by atoms with van der Waals surface area (Å²) in [5.74, 6) is 0.807. The first-order chi connectivity index (χ1) is 8.66. The fourth-order valence-corrected chi connectivity index (χ4v) is 2.07. The first-order valence-corrected chi connectivity index (χ1v) is 6.36. The van der Waals surface area contributed by atoms with Crippen molar-refractivity contribution in [3.8, 4) is 5.75 Å². The zero-order chi connectivity index (χ0) is 13.0. The molecule has 1 amide bonds. The van der Waals surface area contributed by atoms with Crippen LogP contribution in [0.25, 0.3) is 0 Å². The Hall–Kier alpha value is -1.26. The summed E-state index contributed by atoms with van der Waals surface area (Å²) >= 11 is 0. The molecule has 4 nitrogen and oxygen atoms in total. The van der Waals surface area contributed by atoms with Gasteiger partial charge in [-0.25, -0.2) is 0 Å². The van der Waals surface area contributed by atoms with Gasteiger partial charge in [0.25, 0.3) is 5.91 Å². The fraction of sp³-hybridized carbons (Fsp3) is 0.500. The number of piperazine rings is 1. The van der Waals surface area contributed by atoms with Gasteiger partial charge in [0.15, 0.2) is 6.61 Å². The largest absolute Gasteiger partial charge is 0.484 e. The van der Waals surface area contributed by atoms with Crippen LogP contribution in [0.5, 0.6) is 5.75 Å². The molecule has 0 aromatic heterocycles. The van der Waals surface area contributed by atoms with Crippen LogP contribution in [0.3, 0.4) is 0 Å². The van der Waals surface area contributed by atoms with E-state index in [0.29, 0.717) is 0 Å². The fourth-order valence-electron chi connectivity index (χ4n) is 2.07. The van der Waals surface area contributed by atoms with Gasteiger partial charge in [0.2, 0.25) is 0 Å². The third-order valence-corrected chi connectivity index (χ3v) is 3.20. The highest BCUT2D eigenvalue weighted by molar-refractivity contribution is 5.85. The molecule has 5 heteroatoms. The second-order valence-corrected chi connectivity index (χ2v) is 4.74. The maximum Gasteiger partial charge on any atom is 0.260 e. The first-order valence-electron chi connectivity index (χ1n) is 6.36. The molecule has 2 rings (SSSR count). The van der Waals surface area contributed by atoms with Crippen LogP contribution in [-0.2, 0) is 4.79 Å². The van der Waals surface area contributed by atoms with Gasteiger partial charge in [-0.05, 0) is 26.0 Å². The number of ether oxygens (including phenoxy) is 1. The van der Waals surface area contributed by atoms with E-state index in [1.165, 1.54) is 5.56 Å². The molecule has 106 valence electrons. The number of rotatable bonds is 3. The molecule has 1 aromatic carbocycles. The smallest absolute Gasteiger partial charge is 0.260 e. The van der Waals surface area contributed by atoms with Crippen LogP contribution >= 0.6 is 12.4 Å². The third kappa shape index (κ3) is 4.40. The van der Waals surface area contributed by atoms with E-state index >= 15 is 0 Å². The minimum Gasteiger partial charge on any atom is -0.484 e. The predicted molar refractivity (Wildman–Crippen MR) is 78.0 cm³/mol. The number of nitrogens with zero attached hydrogens (tertiary/aromatic N) is 1. The van der Waals surface area contributed by atoms with Crippen molar-refractivity contribution in [2.24, 2.45) is 0 Å². The third-order valence-electron chi connectivity index (χ3n) is 3.20. The van der Waals surface area contributed by atoms with Crippen molar-refractivity contribution >= 4 is 18.3 Å². The number of hydrogen-bond donors (Lipinski definition) is 1. The van der Waals surface area contributed by atoms with Crippen LogP contribution in [0.2, 0.25) is 0 Å². The summed E-state index contributed by atoms with van der Waals surface area (Å²) in [6.07, 6.45) is 0. The van der Waals surface area contributed by atoms with Gasteiger partial charge in [-0.15, -0.1) is 12.4 Å². The van der Waals surface area contributed by atoms with Gasteiger partial charge in [0.05, 0.1) is 0 Å². The Morgan fingerprint density at radius 3 is 2.74 bits per heavy atom. The molecule has 0 radical (unpaired) electrons. The standard InChI is InChI=1S/C14H20N2O2.ClH/c1-11-3-5-13(6-4-11)18-10-14(17)16-8-7-15-9-12(16)2;/h3-6,12,15H,7-10H2,1-2H3;1H. The van der Waals surface area contributed by atoms with Gasteiger partial charge < -0.3 is 15.0 Å². The molecule has 0 bridgehead atoms. The van der Waals surface area contributed by atoms with Crippen molar-refractivity contribution < 1.29 is 9.53 Å². The Labute approximate surface area is 120 Å². The van der Waals surface area contributed by atoms with Crippen molar-refractivity contribution in [2.75, 3.05) is 26.2 Å². The van der Waals surface area contributed by atoms with Crippen LogP contribution < -0.4 is 10.1 Å². The molecule has 0 saturated carbocycles. The zero-order valence-electron chi connectivity index (χ0n) is 11.4. The maximum atomic E-state index is 12.0. The monoisotopic (exact) mass is 284 g/mol. The first kappa shape index (κ1) is 15.8. The molecule has 1 saturated heterocycles. The molecule has 1 atom stereocenters. The van der Waals surface area contributed by atoms with Crippen molar-refractivity contribution in [1.29, 1.82) is 0 Å². The number of hydrogen-bond acceptors (Lipinski definition) is 3. The van der Waals surface area contributed by atoms with Crippen molar-refractivity contribution in [2.45, 2.75) is 19.9 Å². The lowest BCUT2D eigenvalue weighted by molar-refractivity contribution is -0.136. The molecular formula is C14H21ClN2O2. The Balaban J connectivity index is 0.00000180. The average Bonchev–Trinajstić information content (AvgIpc) is 2.38. The van der Waals surface area contributed by atoms with E-state index in [-0.39, 0.29) is 31.0 Å². The molecule has 1 aliphatic rings. The summed E-state index contributed by atoms with van der Waals surface area (Å²) in [6.45, 7) is 6.68. The van der Waals surface area contributed by atoms with Crippen molar-refractivity contribution in [1.82, 2.24) is 10.2 Å². The summed E-state index contributed by atoms with van der Waals surface area (Å²) in [5, 5.41) is 3.26. The molecule has 1 N–H and O–H groups in total. The second-order valence-electron chi connectivity index (χ2n) is 4.74.